The molecule has 2 aromatic rings. The third-order valence-corrected chi connectivity index (χ3v) is 3.61. The highest BCUT2D eigenvalue weighted by atomic mass is 79.9. The van der Waals surface area contributed by atoms with Gasteiger partial charge in [0.15, 0.2) is 5.69 Å². The highest BCUT2D eigenvalue weighted by Crippen LogP contribution is 2.37. The molecule has 1 heterocycles. The molecule has 0 unspecified atom stereocenters. The Hall–Kier alpha value is -1.54. The number of benzene rings is 1. The molecule has 0 saturated heterocycles. The fraction of sp³-hybridized carbons (Fsp3) is 0.231. The first-order chi connectivity index (χ1) is 10.0. The van der Waals surface area contributed by atoms with Crippen molar-refractivity contribution in [3.05, 3.63) is 33.0 Å². The van der Waals surface area contributed by atoms with E-state index in [9.17, 15) is 4.79 Å². The summed E-state index contributed by atoms with van der Waals surface area (Å²) in [6.45, 7) is 1.97. The molecule has 0 radical (unpaired) electrons. The quantitative estimate of drug-likeness (QED) is 0.675. The monoisotopic (exact) mass is 419 g/mol. The molecule has 6 nitrogen and oxygen atoms in total. The van der Waals surface area contributed by atoms with Crippen LogP contribution in [-0.4, -0.2) is 24.7 Å². The first kappa shape index (κ1) is 15.8. The van der Waals surface area contributed by atoms with Crippen LogP contribution >= 0.6 is 31.9 Å². The van der Waals surface area contributed by atoms with E-state index in [0.29, 0.717) is 20.4 Å². The summed E-state index contributed by atoms with van der Waals surface area (Å²) in [5, 5.41) is 0. The van der Waals surface area contributed by atoms with Crippen LogP contribution in [0.4, 0.5) is 0 Å². The van der Waals surface area contributed by atoms with Crippen molar-refractivity contribution in [2.24, 2.45) is 0 Å². The van der Waals surface area contributed by atoms with Crippen molar-refractivity contribution in [2.75, 3.05) is 13.7 Å². The Morgan fingerprint density at radius 2 is 1.95 bits per heavy atom. The normalized spacial score (nSPS) is 10.3. The van der Waals surface area contributed by atoms with E-state index >= 15 is 0 Å². The molecular weight excluding hydrogens is 410 g/mol. The highest BCUT2D eigenvalue weighted by molar-refractivity contribution is 9.11. The number of rotatable bonds is 5. The number of aromatic nitrogens is 1. The second-order valence-corrected chi connectivity index (χ2v) is 5.45. The van der Waals surface area contributed by atoms with Gasteiger partial charge in [-0.3, -0.25) is 0 Å². The molecule has 112 valence electrons. The van der Waals surface area contributed by atoms with Gasteiger partial charge in [0.2, 0.25) is 0 Å². The molecule has 0 spiro atoms. The predicted octanol–water partition coefficient (Wildman–Crippen LogP) is 4.18. The van der Waals surface area contributed by atoms with E-state index in [1.165, 1.54) is 6.26 Å². The number of carbonyl (C=O) groups is 1. The van der Waals surface area contributed by atoms with E-state index in [2.05, 4.69) is 36.8 Å². The van der Waals surface area contributed by atoms with Crippen molar-refractivity contribution in [3.8, 4) is 17.6 Å². The molecule has 21 heavy (non-hydrogen) atoms. The number of nitrogens with zero attached hydrogens (tertiary/aromatic N) is 1. The maximum absolute atomic E-state index is 11.5. The molecule has 0 fully saturated rings. The number of hydrogen-bond donors (Lipinski definition) is 0. The zero-order chi connectivity index (χ0) is 15.4. The standard InChI is InChI=1S/C13H11Br2NO5/c1-3-19-12(17)9-6-20-13(16-9)21-11-5-7(14)10(18-2)4-8(11)15/h4-6H,3H2,1-2H3. The summed E-state index contributed by atoms with van der Waals surface area (Å²) in [5.74, 6) is 0.542. The van der Waals surface area contributed by atoms with E-state index < -0.39 is 5.97 Å². The van der Waals surface area contributed by atoms with E-state index in [4.69, 9.17) is 18.6 Å². The van der Waals surface area contributed by atoms with Crippen LogP contribution in [0.5, 0.6) is 17.6 Å². The lowest BCUT2D eigenvalue weighted by Crippen LogP contribution is -2.04. The SMILES string of the molecule is CCOC(=O)c1coc(Oc2cc(Br)c(OC)cc2Br)n1. The van der Waals surface area contributed by atoms with Gasteiger partial charge in [-0.2, -0.15) is 4.98 Å². The Balaban J connectivity index is 2.19. The van der Waals surface area contributed by atoms with E-state index in [-0.39, 0.29) is 18.4 Å². The van der Waals surface area contributed by atoms with Gasteiger partial charge < -0.3 is 18.6 Å². The van der Waals surface area contributed by atoms with Crippen molar-refractivity contribution < 1.29 is 23.4 Å². The van der Waals surface area contributed by atoms with Crippen molar-refractivity contribution in [3.63, 3.8) is 0 Å². The topological polar surface area (TPSA) is 70.8 Å². The maximum atomic E-state index is 11.5. The van der Waals surface area contributed by atoms with Crippen molar-refractivity contribution in [1.82, 2.24) is 4.98 Å². The Morgan fingerprint density at radius 3 is 2.62 bits per heavy atom. The van der Waals surface area contributed by atoms with Gasteiger partial charge in [-0.25, -0.2) is 4.79 Å². The molecule has 0 aliphatic heterocycles. The molecule has 8 heteroatoms. The van der Waals surface area contributed by atoms with Gasteiger partial charge in [-0.15, -0.1) is 0 Å². The molecule has 0 saturated carbocycles. The Bertz CT molecular complexity index is 656. The van der Waals surface area contributed by atoms with Crippen LogP contribution < -0.4 is 9.47 Å². The van der Waals surface area contributed by atoms with E-state index in [1.54, 1.807) is 26.2 Å². The summed E-state index contributed by atoms with van der Waals surface area (Å²) in [6, 6.07) is 3.42. The smallest absolute Gasteiger partial charge is 0.399 e. The summed E-state index contributed by atoms with van der Waals surface area (Å²) in [5.41, 5.74) is 0.0514. The average Bonchev–Trinajstić information content (AvgIpc) is 2.91. The number of ether oxygens (including phenoxy) is 3. The van der Waals surface area contributed by atoms with Crippen molar-refractivity contribution >= 4 is 37.8 Å². The zero-order valence-corrected chi connectivity index (χ0v) is 14.4. The summed E-state index contributed by atoms with van der Waals surface area (Å²) < 4.78 is 21.9. The summed E-state index contributed by atoms with van der Waals surface area (Å²) in [4.78, 5) is 15.4. The van der Waals surface area contributed by atoms with Gasteiger partial charge >= 0.3 is 12.0 Å². The van der Waals surface area contributed by atoms with Crippen molar-refractivity contribution in [2.45, 2.75) is 6.92 Å². The fourth-order valence-corrected chi connectivity index (χ4v) is 2.33. The number of methoxy groups -OCH3 is 1. The minimum Gasteiger partial charge on any atom is -0.496 e. The van der Waals surface area contributed by atoms with E-state index in [1.807, 2.05) is 0 Å². The summed E-state index contributed by atoms with van der Waals surface area (Å²) in [7, 11) is 1.56. The molecule has 1 aromatic carbocycles. The maximum Gasteiger partial charge on any atom is 0.399 e. The van der Waals surface area contributed by atoms with Crippen LogP contribution in [0.3, 0.4) is 0 Å². The molecule has 0 bridgehead atoms. The largest absolute Gasteiger partial charge is 0.496 e. The van der Waals surface area contributed by atoms with Gasteiger partial charge in [0.25, 0.3) is 0 Å². The van der Waals surface area contributed by atoms with Crippen LogP contribution in [0, 0.1) is 0 Å². The lowest BCUT2D eigenvalue weighted by Gasteiger charge is -2.08. The number of oxazole rings is 1. The number of hydrogen-bond acceptors (Lipinski definition) is 6. The van der Waals surface area contributed by atoms with Gasteiger partial charge in [-0.1, -0.05) is 0 Å². The second-order valence-electron chi connectivity index (χ2n) is 3.74. The molecule has 2 rings (SSSR count). The molecule has 0 N–H and O–H groups in total. The van der Waals surface area contributed by atoms with Crippen LogP contribution in [0.25, 0.3) is 0 Å². The van der Waals surface area contributed by atoms with E-state index in [0.717, 1.165) is 0 Å². The number of halogens is 2. The fourth-order valence-electron chi connectivity index (χ4n) is 1.44. The predicted molar refractivity (Wildman–Crippen MR) is 80.9 cm³/mol. The molecule has 0 aliphatic carbocycles. The van der Waals surface area contributed by atoms with Crippen LogP contribution in [0.1, 0.15) is 17.4 Å². The summed E-state index contributed by atoms with van der Waals surface area (Å²) in [6.07, 6.45) is 1.12. The lowest BCUT2D eigenvalue weighted by molar-refractivity contribution is 0.0519. The van der Waals surface area contributed by atoms with Gasteiger partial charge in [0, 0.05) is 6.07 Å². The molecule has 0 amide bonds. The third kappa shape index (κ3) is 3.76. The Kier molecular flexibility index (Phi) is 5.24. The third-order valence-electron chi connectivity index (χ3n) is 2.37. The van der Waals surface area contributed by atoms with Crippen LogP contribution in [-0.2, 0) is 4.74 Å². The van der Waals surface area contributed by atoms with Gasteiger partial charge in [-0.05, 0) is 44.8 Å². The van der Waals surface area contributed by atoms with Crippen molar-refractivity contribution in [1.29, 1.82) is 0 Å². The average molecular weight is 421 g/mol. The Morgan fingerprint density at radius 1 is 1.29 bits per heavy atom. The minimum absolute atomic E-state index is 0.0514. The van der Waals surface area contributed by atoms with Gasteiger partial charge in [0.05, 0.1) is 22.7 Å². The molecule has 0 aliphatic rings. The summed E-state index contributed by atoms with van der Waals surface area (Å²) >= 11 is 6.71. The van der Waals surface area contributed by atoms with Crippen LogP contribution in [0.2, 0.25) is 0 Å². The first-order valence-corrected chi connectivity index (χ1v) is 7.47. The highest BCUT2D eigenvalue weighted by Gasteiger charge is 2.16. The first-order valence-electron chi connectivity index (χ1n) is 5.88. The number of esters is 1. The second kappa shape index (κ2) is 6.95. The molecule has 1 aromatic heterocycles. The van der Waals surface area contributed by atoms with Crippen LogP contribution in [0.15, 0.2) is 31.8 Å². The lowest BCUT2D eigenvalue weighted by atomic mass is 10.3. The minimum atomic E-state index is -0.564. The molecular formula is C13H11Br2NO5. The zero-order valence-electron chi connectivity index (χ0n) is 11.2. The number of carbonyl (C=O) groups excluding carboxylic acids is 1. The molecule has 0 atom stereocenters. The van der Waals surface area contributed by atoms with Gasteiger partial charge in [0.1, 0.15) is 17.8 Å². The Labute approximate surface area is 137 Å².